The molecule has 0 aromatic carbocycles. The largest absolute Gasteiger partial charge is 0.342 e. The molecule has 0 aromatic rings. The molecule has 1 saturated heterocycles. The molecule has 1 fully saturated rings. The summed E-state index contributed by atoms with van der Waals surface area (Å²) >= 11 is 0. The molecule has 2 N–H and O–H groups in total. The zero-order valence-corrected chi connectivity index (χ0v) is 14.3. The number of nitrogens with two attached hydrogens (primary N) is 1. The SMILES string of the molecule is CCN(CC)C(=O)CN1CCCN(CCN)CC1.Cl.Cl. The van der Waals surface area contributed by atoms with Crippen molar-refractivity contribution in [1.29, 1.82) is 0 Å². The summed E-state index contributed by atoms with van der Waals surface area (Å²) in [6.07, 6.45) is 1.13. The Morgan fingerprint density at radius 3 is 2.15 bits per heavy atom. The minimum Gasteiger partial charge on any atom is -0.342 e. The van der Waals surface area contributed by atoms with Crippen molar-refractivity contribution in [3.05, 3.63) is 0 Å². The molecule has 0 radical (unpaired) electrons. The second kappa shape index (κ2) is 12.7. The maximum absolute atomic E-state index is 12.0. The van der Waals surface area contributed by atoms with Gasteiger partial charge in [-0.05, 0) is 33.4 Å². The fourth-order valence-electron chi connectivity index (χ4n) is 2.46. The second-order valence-corrected chi connectivity index (χ2v) is 4.83. The predicted octanol–water partition coefficient (Wildman–Crippen LogP) is 0.665. The average molecular weight is 329 g/mol. The van der Waals surface area contributed by atoms with Gasteiger partial charge in [-0.2, -0.15) is 0 Å². The highest BCUT2D eigenvalue weighted by molar-refractivity contribution is 5.85. The van der Waals surface area contributed by atoms with E-state index in [1.165, 1.54) is 0 Å². The number of carbonyl (C=O) groups is 1. The molecule has 1 amide bonds. The molecule has 5 nitrogen and oxygen atoms in total. The molecular formula is C13H30Cl2N4O. The number of rotatable bonds is 6. The van der Waals surface area contributed by atoms with E-state index in [1.807, 2.05) is 18.7 Å². The molecule has 1 rings (SSSR count). The van der Waals surface area contributed by atoms with Crippen LogP contribution in [-0.4, -0.2) is 79.5 Å². The summed E-state index contributed by atoms with van der Waals surface area (Å²) in [6, 6.07) is 0. The van der Waals surface area contributed by atoms with Gasteiger partial charge in [-0.25, -0.2) is 0 Å². The number of likely N-dealkylation sites (N-methyl/N-ethyl adjacent to an activating group) is 1. The van der Waals surface area contributed by atoms with Crippen LogP contribution in [0.1, 0.15) is 20.3 Å². The molecule has 0 atom stereocenters. The summed E-state index contributed by atoms with van der Waals surface area (Å²) in [6.45, 7) is 12.1. The van der Waals surface area contributed by atoms with Crippen LogP contribution in [0.4, 0.5) is 0 Å². The lowest BCUT2D eigenvalue weighted by atomic mass is 10.3. The van der Waals surface area contributed by atoms with E-state index in [1.54, 1.807) is 0 Å². The third kappa shape index (κ3) is 7.64. The van der Waals surface area contributed by atoms with Crippen molar-refractivity contribution in [3.8, 4) is 0 Å². The zero-order valence-electron chi connectivity index (χ0n) is 12.7. The van der Waals surface area contributed by atoms with Crippen LogP contribution in [0.5, 0.6) is 0 Å². The van der Waals surface area contributed by atoms with Crippen molar-refractivity contribution in [3.63, 3.8) is 0 Å². The quantitative estimate of drug-likeness (QED) is 0.778. The molecular weight excluding hydrogens is 299 g/mol. The van der Waals surface area contributed by atoms with Gasteiger partial charge in [-0.3, -0.25) is 9.69 Å². The molecule has 0 saturated carbocycles. The van der Waals surface area contributed by atoms with Gasteiger partial charge >= 0.3 is 0 Å². The third-order valence-electron chi connectivity index (χ3n) is 3.60. The third-order valence-corrected chi connectivity index (χ3v) is 3.60. The van der Waals surface area contributed by atoms with Gasteiger partial charge in [-0.1, -0.05) is 0 Å². The van der Waals surface area contributed by atoms with Crippen molar-refractivity contribution in [2.24, 2.45) is 5.73 Å². The first kappa shape index (κ1) is 22.2. The van der Waals surface area contributed by atoms with Crippen LogP contribution in [0.3, 0.4) is 0 Å². The molecule has 1 aliphatic heterocycles. The number of hydrogen-bond acceptors (Lipinski definition) is 4. The number of amides is 1. The smallest absolute Gasteiger partial charge is 0.236 e. The molecule has 122 valence electrons. The number of halogens is 2. The maximum atomic E-state index is 12.0. The van der Waals surface area contributed by atoms with Crippen LogP contribution < -0.4 is 5.73 Å². The van der Waals surface area contributed by atoms with Crippen molar-refractivity contribution >= 4 is 30.7 Å². The second-order valence-electron chi connectivity index (χ2n) is 4.83. The van der Waals surface area contributed by atoms with E-state index in [-0.39, 0.29) is 30.7 Å². The van der Waals surface area contributed by atoms with Gasteiger partial charge in [0.15, 0.2) is 0 Å². The first-order valence-corrected chi connectivity index (χ1v) is 7.13. The fraction of sp³-hybridized carbons (Fsp3) is 0.923. The van der Waals surface area contributed by atoms with Crippen molar-refractivity contribution in [2.45, 2.75) is 20.3 Å². The highest BCUT2D eigenvalue weighted by Gasteiger charge is 2.18. The minimum atomic E-state index is 0. The average Bonchev–Trinajstić information content (AvgIpc) is 2.57. The van der Waals surface area contributed by atoms with Crippen LogP contribution in [0.25, 0.3) is 0 Å². The molecule has 1 aliphatic rings. The number of carbonyl (C=O) groups excluding carboxylic acids is 1. The number of nitrogens with zero attached hydrogens (tertiary/aromatic N) is 3. The standard InChI is InChI=1S/C13H28N4O.2ClH/c1-3-17(4-2)13(18)12-16-8-5-7-15(9-6-14)10-11-16;;/h3-12,14H2,1-2H3;2*1H. The Hall–Kier alpha value is -0.0700. The summed E-state index contributed by atoms with van der Waals surface area (Å²) in [5, 5.41) is 0. The lowest BCUT2D eigenvalue weighted by molar-refractivity contribution is -0.132. The van der Waals surface area contributed by atoms with Crippen molar-refractivity contribution in [1.82, 2.24) is 14.7 Å². The van der Waals surface area contributed by atoms with Gasteiger partial charge in [0.05, 0.1) is 6.54 Å². The zero-order chi connectivity index (χ0) is 13.4. The summed E-state index contributed by atoms with van der Waals surface area (Å²) in [5.41, 5.74) is 5.59. The Bertz CT molecular complexity index is 253. The summed E-state index contributed by atoms with van der Waals surface area (Å²) in [5.74, 6) is 0.257. The Balaban J connectivity index is 0. The van der Waals surface area contributed by atoms with Gasteiger partial charge in [0.1, 0.15) is 0 Å². The molecule has 0 bridgehead atoms. The minimum absolute atomic E-state index is 0. The van der Waals surface area contributed by atoms with Crippen LogP contribution in [0.15, 0.2) is 0 Å². The summed E-state index contributed by atoms with van der Waals surface area (Å²) in [7, 11) is 0. The Morgan fingerprint density at radius 2 is 1.60 bits per heavy atom. The molecule has 0 aliphatic carbocycles. The van der Waals surface area contributed by atoms with Gasteiger partial charge in [0.2, 0.25) is 5.91 Å². The van der Waals surface area contributed by atoms with Gasteiger partial charge in [-0.15, -0.1) is 24.8 Å². The first-order chi connectivity index (χ1) is 8.71. The highest BCUT2D eigenvalue weighted by Crippen LogP contribution is 2.03. The molecule has 0 spiro atoms. The van der Waals surface area contributed by atoms with E-state index in [2.05, 4.69) is 9.80 Å². The Labute approximate surface area is 135 Å². The van der Waals surface area contributed by atoms with E-state index < -0.39 is 0 Å². The van der Waals surface area contributed by atoms with Gasteiger partial charge in [0.25, 0.3) is 0 Å². The van der Waals surface area contributed by atoms with Crippen LogP contribution >= 0.6 is 24.8 Å². The first-order valence-electron chi connectivity index (χ1n) is 7.13. The molecule has 1 heterocycles. The van der Waals surface area contributed by atoms with Crippen molar-refractivity contribution < 1.29 is 4.79 Å². The molecule has 7 heteroatoms. The van der Waals surface area contributed by atoms with E-state index in [9.17, 15) is 4.79 Å². The lowest BCUT2D eigenvalue weighted by Gasteiger charge is -2.25. The summed E-state index contributed by atoms with van der Waals surface area (Å²) in [4.78, 5) is 18.6. The lowest BCUT2D eigenvalue weighted by Crippen LogP contribution is -2.41. The summed E-state index contributed by atoms with van der Waals surface area (Å²) < 4.78 is 0. The van der Waals surface area contributed by atoms with Crippen LogP contribution in [0, 0.1) is 0 Å². The highest BCUT2D eigenvalue weighted by atomic mass is 35.5. The van der Waals surface area contributed by atoms with E-state index in [0.29, 0.717) is 6.54 Å². The molecule has 0 unspecified atom stereocenters. The van der Waals surface area contributed by atoms with Gasteiger partial charge < -0.3 is 15.5 Å². The van der Waals surface area contributed by atoms with E-state index in [4.69, 9.17) is 5.73 Å². The monoisotopic (exact) mass is 328 g/mol. The van der Waals surface area contributed by atoms with Crippen LogP contribution in [0.2, 0.25) is 0 Å². The van der Waals surface area contributed by atoms with E-state index >= 15 is 0 Å². The predicted molar refractivity (Wildman–Crippen MR) is 89.0 cm³/mol. The van der Waals surface area contributed by atoms with Crippen LogP contribution in [-0.2, 0) is 4.79 Å². The molecule has 0 aromatic heterocycles. The number of hydrogen-bond donors (Lipinski definition) is 1. The normalized spacial score (nSPS) is 16.8. The van der Waals surface area contributed by atoms with E-state index in [0.717, 1.165) is 58.8 Å². The molecule has 20 heavy (non-hydrogen) atoms. The van der Waals surface area contributed by atoms with Crippen molar-refractivity contribution in [2.75, 3.05) is 58.9 Å². The Morgan fingerprint density at radius 1 is 1.05 bits per heavy atom. The fourth-order valence-corrected chi connectivity index (χ4v) is 2.46. The van der Waals surface area contributed by atoms with Gasteiger partial charge in [0, 0.05) is 39.3 Å². The maximum Gasteiger partial charge on any atom is 0.236 e. The topological polar surface area (TPSA) is 52.8 Å². The Kier molecular flexibility index (Phi) is 14.1.